The Hall–Kier alpha value is -1.31. The first-order valence-electron chi connectivity index (χ1n) is 3.50. The summed E-state index contributed by atoms with van der Waals surface area (Å²) in [6, 6.07) is 3.60. The molecule has 0 aliphatic heterocycles. The number of rotatable bonds is 2. The van der Waals surface area contributed by atoms with Crippen LogP contribution in [0.2, 0.25) is 0 Å². The van der Waals surface area contributed by atoms with Crippen molar-refractivity contribution in [2.24, 2.45) is 4.36 Å². The quantitative estimate of drug-likeness (QED) is 0.710. The summed E-state index contributed by atoms with van der Waals surface area (Å²) in [6.07, 6.45) is 0. The largest absolute Gasteiger partial charge is 0.509 e. The third-order valence-electron chi connectivity index (χ3n) is 1.45. The lowest BCUT2D eigenvalue weighted by molar-refractivity contribution is 0.501. The van der Waals surface area contributed by atoms with Gasteiger partial charge in [-0.05, 0) is 12.1 Å². The number of hydrogen-bond donors (Lipinski definition) is 0. The van der Waals surface area contributed by atoms with Crippen LogP contribution in [0.1, 0.15) is 0 Å². The molecular formula is C6H4BF3NO2S-. The van der Waals surface area contributed by atoms with E-state index in [1.165, 1.54) is 0 Å². The number of nitrogens with zero attached hydrogens (tertiary/aromatic N) is 1. The minimum atomic E-state index is -5.04. The van der Waals surface area contributed by atoms with Gasteiger partial charge < -0.3 is 12.9 Å². The van der Waals surface area contributed by atoms with Crippen molar-refractivity contribution in [3.05, 3.63) is 24.3 Å². The highest BCUT2D eigenvalue weighted by Crippen LogP contribution is 2.13. The van der Waals surface area contributed by atoms with Crippen molar-refractivity contribution >= 4 is 28.6 Å². The van der Waals surface area contributed by atoms with Gasteiger partial charge in [0.2, 0.25) is 0 Å². The Labute approximate surface area is 79.3 Å². The van der Waals surface area contributed by atoms with Crippen molar-refractivity contribution < 1.29 is 21.4 Å². The maximum atomic E-state index is 12.1. The summed E-state index contributed by atoms with van der Waals surface area (Å²) in [5.74, 6) is 0. The van der Waals surface area contributed by atoms with E-state index in [9.17, 15) is 21.4 Å². The molecule has 0 N–H and O–H groups in total. The van der Waals surface area contributed by atoms with Gasteiger partial charge in [0.1, 0.15) is 0 Å². The molecule has 0 unspecified atom stereocenters. The van der Waals surface area contributed by atoms with Gasteiger partial charge in [0.05, 0.1) is 5.69 Å². The van der Waals surface area contributed by atoms with Crippen LogP contribution in [0, 0.1) is 0 Å². The molecule has 8 heteroatoms. The van der Waals surface area contributed by atoms with E-state index in [0.29, 0.717) is 0 Å². The molecule has 0 fully saturated rings. The van der Waals surface area contributed by atoms with Crippen molar-refractivity contribution in [2.75, 3.05) is 0 Å². The molecule has 0 heterocycles. The highest BCUT2D eigenvalue weighted by Gasteiger charge is 2.24. The Balaban J connectivity index is 3.07. The second-order valence-electron chi connectivity index (χ2n) is 2.47. The van der Waals surface area contributed by atoms with Gasteiger partial charge in [0.15, 0.2) is 0 Å². The Morgan fingerprint density at radius 2 is 1.57 bits per heavy atom. The van der Waals surface area contributed by atoms with Crippen LogP contribution >= 0.6 is 0 Å². The Kier molecular flexibility index (Phi) is 2.95. The van der Waals surface area contributed by atoms with Crippen LogP contribution in [0.25, 0.3) is 0 Å². The van der Waals surface area contributed by atoms with E-state index < -0.39 is 22.9 Å². The van der Waals surface area contributed by atoms with Gasteiger partial charge in [-0.3, -0.25) is 0 Å². The smallest absolute Gasteiger partial charge is 0.445 e. The standard InChI is InChI=1S/C6H4BF3NO2S/c8-7(9,10)5-1-3-6(4-2-5)11-14(12)13/h1-4H/q-1. The fraction of sp³-hybridized carbons (Fsp3) is 0. The predicted octanol–water partition coefficient (Wildman–Crippen LogP) is 1.44. The molecule has 0 aliphatic carbocycles. The molecule has 14 heavy (non-hydrogen) atoms. The molecule has 0 aromatic heterocycles. The van der Waals surface area contributed by atoms with Crippen LogP contribution in [0.3, 0.4) is 0 Å². The first kappa shape index (κ1) is 10.8. The van der Waals surface area contributed by atoms with Gasteiger partial charge in [0, 0.05) is 0 Å². The average Bonchev–Trinajstić information content (AvgIpc) is 2.02. The maximum Gasteiger partial charge on any atom is 0.509 e. The predicted molar refractivity (Wildman–Crippen MR) is 46.2 cm³/mol. The van der Waals surface area contributed by atoms with Gasteiger partial charge in [-0.1, -0.05) is 12.1 Å². The lowest BCUT2D eigenvalue weighted by atomic mass is 9.80. The number of hydrogen-bond acceptors (Lipinski definition) is 3. The fourth-order valence-electron chi connectivity index (χ4n) is 0.839. The van der Waals surface area contributed by atoms with Crippen LogP contribution in [0.4, 0.5) is 18.6 Å². The SMILES string of the molecule is O=S(=O)=Nc1ccc([B-](F)(F)F)cc1. The van der Waals surface area contributed by atoms with E-state index in [1.54, 1.807) is 0 Å². The lowest BCUT2D eigenvalue weighted by Crippen LogP contribution is -2.33. The van der Waals surface area contributed by atoms with E-state index in [4.69, 9.17) is 0 Å². The van der Waals surface area contributed by atoms with E-state index in [2.05, 4.69) is 4.36 Å². The minimum Gasteiger partial charge on any atom is -0.445 e. The summed E-state index contributed by atoms with van der Waals surface area (Å²) >= 11 is 0. The van der Waals surface area contributed by atoms with Gasteiger partial charge in [0.25, 0.3) is 0 Å². The average molecular weight is 222 g/mol. The molecule has 1 rings (SSSR count). The third-order valence-corrected chi connectivity index (χ3v) is 1.81. The highest BCUT2D eigenvalue weighted by atomic mass is 32.2. The van der Waals surface area contributed by atoms with Crippen molar-refractivity contribution in [1.29, 1.82) is 0 Å². The monoisotopic (exact) mass is 222 g/mol. The van der Waals surface area contributed by atoms with E-state index in [0.717, 1.165) is 24.3 Å². The Morgan fingerprint density at radius 1 is 1.07 bits per heavy atom. The van der Waals surface area contributed by atoms with E-state index in [-0.39, 0.29) is 5.69 Å². The van der Waals surface area contributed by atoms with Crippen LogP contribution in [0.5, 0.6) is 0 Å². The molecule has 3 nitrogen and oxygen atoms in total. The van der Waals surface area contributed by atoms with Crippen LogP contribution in [-0.2, 0) is 10.5 Å². The molecule has 1 aromatic rings. The molecule has 0 bridgehead atoms. The second kappa shape index (κ2) is 3.83. The zero-order valence-corrected chi connectivity index (χ0v) is 7.51. The number of benzene rings is 1. The van der Waals surface area contributed by atoms with Crippen molar-refractivity contribution in [3.8, 4) is 0 Å². The first-order chi connectivity index (χ1) is 6.39. The normalized spacial score (nSPS) is 11.1. The summed E-state index contributed by atoms with van der Waals surface area (Å²) in [6.45, 7) is -5.04. The maximum absolute atomic E-state index is 12.1. The molecular weight excluding hydrogens is 218 g/mol. The van der Waals surface area contributed by atoms with E-state index >= 15 is 0 Å². The Morgan fingerprint density at radius 3 is 1.93 bits per heavy atom. The molecule has 0 radical (unpaired) electrons. The first-order valence-corrected chi connectivity index (χ1v) is 4.54. The molecule has 0 amide bonds. The summed E-state index contributed by atoms with van der Waals surface area (Å²) in [5.41, 5.74) is -0.803. The summed E-state index contributed by atoms with van der Waals surface area (Å²) in [5, 5.41) is 0. The third kappa shape index (κ3) is 2.88. The molecule has 1 aromatic carbocycles. The topological polar surface area (TPSA) is 46.5 Å². The molecule has 0 spiro atoms. The molecule has 0 atom stereocenters. The highest BCUT2D eigenvalue weighted by molar-refractivity contribution is 7.61. The number of halogens is 3. The van der Waals surface area contributed by atoms with E-state index in [1.807, 2.05) is 0 Å². The zero-order valence-electron chi connectivity index (χ0n) is 6.69. The van der Waals surface area contributed by atoms with Crippen LogP contribution < -0.4 is 5.46 Å². The van der Waals surface area contributed by atoms with Crippen LogP contribution in [0.15, 0.2) is 28.6 Å². The van der Waals surface area contributed by atoms with Gasteiger partial charge in [-0.2, -0.15) is 8.42 Å². The van der Waals surface area contributed by atoms with Crippen molar-refractivity contribution in [3.63, 3.8) is 0 Å². The van der Waals surface area contributed by atoms with Crippen molar-refractivity contribution in [2.45, 2.75) is 0 Å². The van der Waals surface area contributed by atoms with Crippen molar-refractivity contribution in [1.82, 2.24) is 0 Å². The zero-order chi connectivity index (χ0) is 10.8. The van der Waals surface area contributed by atoms with Gasteiger partial charge >= 0.3 is 17.5 Å². The fourth-order valence-corrected chi connectivity index (χ4v) is 1.13. The summed E-state index contributed by atoms with van der Waals surface area (Å²) in [7, 11) is -2.65. The molecule has 0 saturated carbocycles. The minimum absolute atomic E-state index is 0.0258. The molecule has 76 valence electrons. The van der Waals surface area contributed by atoms with Crippen LogP contribution in [-0.4, -0.2) is 15.4 Å². The summed E-state index contributed by atoms with van der Waals surface area (Å²) < 4.78 is 59.4. The molecule has 0 aliphatic rings. The molecule has 0 saturated heterocycles. The van der Waals surface area contributed by atoms with Gasteiger partial charge in [-0.25, -0.2) is 0 Å². The second-order valence-corrected chi connectivity index (χ2v) is 3.09. The summed E-state index contributed by atoms with van der Waals surface area (Å²) in [4.78, 5) is 0. The Bertz CT molecular complexity index is 443. The lowest BCUT2D eigenvalue weighted by Gasteiger charge is -2.13. The van der Waals surface area contributed by atoms with Gasteiger partial charge in [-0.15, -0.1) is 9.83 Å².